The van der Waals surface area contributed by atoms with Crippen LogP contribution in [0.1, 0.15) is 56.6 Å². The molecule has 1 aromatic heterocycles. The number of likely N-dealkylation sites (tertiary alicyclic amines) is 1. The zero-order valence-corrected chi connectivity index (χ0v) is 25.2. The number of anilines is 1. The van der Waals surface area contributed by atoms with E-state index in [-0.39, 0.29) is 47.5 Å². The molecule has 2 saturated heterocycles. The Balaban J connectivity index is 0.00000353. The summed E-state index contributed by atoms with van der Waals surface area (Å²) in [7, 11) is 0. The smallest absolute Gasteiger partial charge is 0.239 e. The monoisotopic (exact) mass is 596 g/mol. The number of aromatic hydroxyl groups is 2. The second-order valence-corrected chi connectivity index (χ2v) is 11.9. The lowest BCUT2D eigenvalue weighted by molar-refractivity contribution is -0.117. The number of carbonyl (C=O) groups is 1. The minimum atomic E-state index is -0.0985. The Labute approximate surface area is 253 Å². The summed E-state index contributed by atoms with van der Waals surface area (Å²) in [6.07, 6.45) is 4.11. The lowest BCUT2D eigenvalue weighted by Gasteiger charge is -2.40. The van der Waals surface area contributed by atoms with Gasteiger partial charge in [0, 0.05) is 43.2 Å². The molecule has 0 bridgehead atoms. The van der Waals surface area contributed by atoms with Crippen LogP contribution in [0.5, 0.6) is 11.5 Å². The van der Waals surface area contributed by atoms with Crippen molar-refractivity contribution in [3.05, 3.63) is 47.5 Å². The Morgan fingerprint density at radius 3 is 2.33 bits per heavy atom. The van der Waals surface area contributed by atoms with Crippen molar-refractivity contribution in [2.45, 2.75) is 58.0 Å². The topological polar surface area (TPSA) is 111 Å². The van der Waals surface area contributed by atoms with E-state index in [2.05, 4.69) is 32.4 Å². The number of nitrogens with one attached hydrogen (secondary N) is 1. The van der Waals surface area contributed by atoms with E-state index in [0.29, 0.717) is 28.4 Å². The van der Waals surface area contributed by atoms with E-state index in [0.717, 1.165) is 64.3 Å². The van der Waals surface area contributed by atoms with Crippen LogP contribution in [0.25, 0.3) is 22.4 Å². The first-order chi connectivity index (χ1) is 19.9. The molecule has 226 valence electrons. The molecule has 3 fully saturated rings. The second kappa shape index (κ2) is 13.0. The van der Waals surface area contributed by atoms with Gasteiger partial charge in [-0.25, -0.2) is 0 Å². The van der Waals surface area contributed by atoms with Crippen molar-refractivity contribution in [1.82, 2.24) is 15.0 Å². The Bertz CT molecular complexity index is 1370. The van der Waals surface area contributed by atoms with Crippen molar-refractivity contribution in [3.63, 3.8) is 0 Å². The molecule has 42 heavy (non-hydrogen) atoms. The van der Waals surface area contributed by atoms with Gasteiger partial charge in [-0.05, 0) is 67.4 Å². The van der Waals surface area contributed by atoms with E-state index >= 15 is 0 Å². The number of aromatic nitrogens is 1. The summed E-state index contributed by atoms with van der Waals surface area (Å²) in [6, 6.07) is 12.0. The molecule has 3 heterocycles. The number of rotatable bonds is 8. The van der Waals surface area contributed by atoms with Gasteiger partial charge in [0.25, 0.3) is 0 Å². The fourth-order valence-corrected chi connectivity index (χ4v) is 6.05. The normalized spacial score (nSPS) is 18.6. The Kier molecular flexibility index (Phi) is 9.42. The maximum Gasteiger partial charge on any atom is 0.239 e. The summed E-state index contributed by atoms with van der Waals surface area (Å²) in [5.74, 6) is 0.167. The highest BCUT2D eigenvalue weighted by atomic mass is 35.5. The number of phenols is 2. The van der Waals surface area contributed by atoms with Crippen molar-refractivity contribution < 1.29 is 24.3 Å². The number of morpholine rings is 1. The number of ether oxygens (including phenoxy) is 1. The second-order valence-electron chi connectivity index (χ2n) is 11.9. The molecule has 10 heteroatoms. The largest absolute Gasteiger partial charge is 0.508 e. The summed E-state index contributed by atoms with van der Waals surface area (Å²) >= 11 is 0. The molecule has 1 saturated carbocycles. The first-order valence-corrected chi connectivity index (χ1v) is 14.9. The van der Waals surface area contributed by atoms with Crippen LogP contribution >= 0.6 is 12.4 Å². The fraction of sp³-hybridized carbons (Fsp3) is 0.500. The van der Waals surface area contributed by atoms with Gasteiger partial charge in [0.15, 0.2) is 0 Å². The molecule has 3 aliphatic rings. The minimum absolute atomic E-state index is 0. The number of hydrogen-bond donors (Lipinski definition) is 3. The quantitative estimate of drug-likeness (QED) is 0.308. The molecule has 3 N–H and O–H groups in total. The van der Waals surface area contributed by atoms with Crippen LogP contribution in [-0.2, 0) is 16.1 Å². The third kappa shape index (κ3) is 6.59. The number of benzene rings is 2. The van der Waals surface area contributed by atoms with Crippen molar-refractivity contribution in [2.24, 2.45) is 5.92 Å². The third-order valence-corrected chi connectivity index (χ3v) is 8.67. The lowest BCUT2D eigenvalue weighted by Crippen LogP contribution is -2.48. The van der Waals surface area contributed by atoms with Crippen LogP contribution in [0, 0.1) is 5.92 Å². The number of piperidine rings is 1. The van der Waals surface area contributed by atoms with Gasteiger partial charge in [0.1, 0.15) is 17.2 Å². The van der Waals surface area contributed by atoms with Gasteiger partial charge in [-0.3, -0.25) is 19.9 Å². The van der Waals surface area contributed by atoms with Crippen LogP contribution in [0.2, 0.25) is 0 Å². The summed E-state index contributed by atoms with van der Waals surface area (Å²) in [5, 5.41) is 28.4. The average Bonchev–Trinajstić information content (AvgIpc) is 3.75. The maximum absolute atomic E-state index is 12.7. The van der Waals surface area contributed by atoms with E-state index in [1.165, 1.54) is 24.5 Å². The Morgan fingerprint density at radius 2 is 1.69 bits per heavy atom. The number of amides is 1. The molecule has 3 aromatic rings. The molecule has 6 rings (SSSR count). The van der Waals surface area contributed by atoms with Gasteiger partial charge in [-0.2, -0.15) is 0 Å². The molecule has 1 amide bonds. The van der Waals surface area contributed by atoms with Crippen LogP contribution in [0.15, 0.2) is 40.9 Å². The first kappa shape index (κ1) is 30.4. The summed E-state index contributed by atoms with van der Waals surface area (Å²) in [4.78, 5) is 17.8. The number of nitrogens with zero attached hydrogens (tertiary/aromatic N) is 3. The van der Waals surface area contributed by atoms with Crippen LogP contribution in [0.4, 0.5) is 5.88 Å². The molecule has 2 aromatic carbocycles. The predicted octanol–water partition coefficient (Wildman–Crippen LogP) is 5.61. The number of carbonyl (C=O) groups excluding carboxylic acids is 1. The van der Waals surface area contributed by atoms with Crippen LogP contribution in [0.3, 0.4) is 0 Å². The van der Waals surface area contributed by atoms with Crippen molar-refractivity contribution >= 4 is 24.2 Å². The standard InChI is InChI=1S/C32H40N4O5.ClH/c1-20(2)25-17-26(28(38)18-27(25)37)30-29(32(41-34-30)33-31(39)23-7-8-23)22-5-3-21(4-6-22)19-35-11-9-24(10-12-35)36-13-15-40-16-14-36;/h3-6,17-18,20,23-24,37-38H,7-16,19H2,1-2H3,(H,33,39);1H. The highest BCUT2D eigenvalue weighted by Crippen LogP contribution is 2.44. The van der Waals surface area contributed by atoms with Crippen LogP contribution < -0.4 is 5.32 Å². The van der Waals surface area contributed by atoms with Crippen molar-refractivity contribution in [2.75, 3.05) is 44.7 Å². The minimum Gasteiger partial charge on any atom is -0.508 e. The summed E-state index contributed by atoms with van der Waals surface area (Å²) in [5.41, 5.74) is 4.24. The number of phenolic OH excluding ortho intramolecular Hbond substituents is 2. The van der Waals surface area contributed by atoms with Gasteiger partial charge < -0.3 is 19.5 Å². The predicted molar refractivity (Wildman–Crippen MR) is 164 cm³/mol. The number of halogens is 1. The average molecular weight is 597 g/mol. The molecule has 2 aliphatic heterocycles. The van der Waals surface area contributed by atoms with Gasteiger partial charge >= 0.3 is 0 Å². The molecule has 9 nitrogen and oxygen atoms in total. The zero-order valence-electron chi connectivity index (χ0n) is 24.3. The van der Waals surface area contributed by atoms with Gasteiger partial charge in [0.05, 0.1) is 18.8 Å². The van der Waals surface area contributed by atoms with Gasteiger partial charge in [0.2, 0.25) is 11.8 Å². The Morgan fingerprint density at radius 1 is 1.00 bits per heavy atom. The molecule has 1 aliphatic carbocycles. The first-order valence-electron chi connectivity index (χ1n) is 14.9. The van der Waals surface area contributed by atoms with E-state index in [9.17, 15) is 15.0 Å². The molecule has 0 atom stereocenters. The fourth-order valence-electron chi connectivity index (χ4n) is 6.05. The summed E-state index contributed by atoms with van der Waals surface area (Å²) in [6.45, 7) is 10.8. The summed E-state index contributed by atoms with van der Waals surface area (Å²) < 4.78 is 11.2. The Hall–Kier alpha value is -3.11. The van der Waals surface area contributed by atoms with Gasteiger partial charge in [-0.15, -0.1) is 12.4 Å². The van der Waals surface area contributed by atoms with Crippen LogP contribution in [-0.4, -0.2) is 76.5 Å². The molecule has 0 radical (unpaired) electrons. The molecular formula is C32H41ClN4O5. The molecular weight excluding hydrogens is 556 g/mol. The highest BCUT2D eigenvalue weighted by molar-refractivity contribution is 5.99. The molecule has 0 spiro atoms. The SMILES string of the molecule is CC(C)c1cc(-c2noc(NC(=O)C3CC3)c2-c2ccc(CN3CCC(N4CCOCC4)CC3)cc2)c(O)cc1O.Cl. The molecule has 0 unspecified atom stereocenters. The zero-order chi connectivity index (χ0) is 28.5. The lowest BCUT2D eigenvalue weighted by atomic mass is 9.94. The highest BCUT2D eigenvalue weighted by Gasteiger charge is 2.32. The third-order valence-electron chi connectivity index (χ3n) is 8.67. The maximum atomic E-state index is 12.7. The van der Waals surface area contributed by atoms with E-state index in [1.54, 1.807) is 6.07 Å². The van der Waals surface area contributed by atoms with E-state index in [1.807, 2.05) is 26.0 Å². The van der Waals surface area contributed by atoms with Crippen molar-refractivity contribution in [3.8, 4) is 33.9 Å². The number of hydrogen-bond acceptors (Lipinski definition) is 8. The van der Waals surface area contributed by atoms with E-state index in [4.69, 9.17) is 9.26 Å². The van der Waals surface area contributed by atoms with E-state index < -0.39 is 0 Å². The van der Waals surface area contributed by atoms with Crippen molar-refractivity contribution in [1.29, 1.82) is 0 Å². The van der Waals surface area contributed by atoms with Gasteiger partial charge in [-0.1, -0.05) is 43.3 Å².